The largest absolute Gasteiger partial charge is 0.493 e. The minimum absolute atomic E-state index is 0.0532. The SMILES string of the molecule is COCCCOc1cccc(C(=O)N2CCCCC2CN)c1. The molecule has 122 valence electrons. The predicted molar refractivity (Wildman–Crippen MR) is 86.2 cm³/mol. The van der Waals surface area contributed by atoms with Crippen molar-refractivity contribution >= 4 is 5.91 Å². The molecule has 1 unspecified atom stereocenters. The summed E-state index contributed by atoms with van der Waals surface area (Å²) in [5, 5.41) is 0. The zero-order valence-corrected chi connectivity index (χ0v) is 13.3. The molecule has 0 aliphatic carbocycles. The van der Waals surface area contributed by atoms with Crippen molar-refractivity contribution in [3.63, 3.8) is 0 Å². The van der Waals surface area contributed by atoms with Gasteiger partial charge in [0.1, 0.15) is 5.75 Å². The Bertz CT molecular complexity index is 479. The van der Waals surface area contributed by atoms with E-state index in [1.807, 2.05) is 29.2 Å². The average molecular weight is 306 g/mol. The summed E-state index contributed by atoms with van der Waals surface area (Å²) in [6.45, 7) is 2.57. The second kappa shape index (κ2) is 8.76. The van der Waals surface area contributed by atoms with E-state index in [0.717, 1.165) is 38.0 Å². The maximum absolute atomic E-state index is 12.7. The zero-order valence-electron chi connectivity index (χ0n) is 13.3. The maximum Gasteiger partial charge on any atom is 0.254 e. The molecule has 1 amide bonds. The highest BCUT2D eigenvalue weighted by Crippen LogP contribution is 2.21. The van der Waals surface area contributed by atoms with Crippen LogP contribution in [0.4, 0.5) is 0 Å². The first-order valence-corrected chi connectivity index (χ1v) is 7.99. The summed E-state index contributed by atoms with van der Waals surface area (Å²) in [7, 11) is 1.67. The van der Waals surface area contributed by atoms with Crippen molar-refractivity contribution in [2.24, 2.45) is 5.73 Å². The van der Waals surface area contributed by atoms with E-state index in [2.05, 4.69) is 0 Å². The van der Waals surface area contributed by atoms with Gasteiger partial charge in [0.15, 0.2) is 0 Å². The number of carbonyl (C=O) groups is 1. The van der Waals surface area contributed by atoms with Gasteiger partial charge in [-0.15, -0.1) is 0 Å². The van der Waals surface area contributed by atoms with Crippen molar-refractivity contribution in [1.29, 1.82) is 0 Å². The Morgan fingerprint density at radius 3 is 3.00 bits per heavy atom. The first-order chi connectivity index (χ1) is 10.8. The number of likely N-dealkylation sites (tertiary alicyclic amines) is 1. The van der Waals surface area contributed by atoms with E-state index >= 15 is 0 Å². The van der Waals surface area contributed by atoms with Gasteiger partial charge in [-0.3, -0.25) is 4.79 Å². The summed E-state index contributed by atoms with van der Waals surface area (Å²) in [6.07, 6.45) is 4.02. The Morgan fingerprint density at radius 2 is 2.23 bits per heavy atom. The molecule has 0 radical (unpaired) electrons. The number of piperidine rings is 1. The molecule has 2 rings (SSSR count). The minimum Gasteiger partial charge on any atom is -0.493 e. The first kappa shape index (κ1) is 16.8. The summed E-state index contributed by atoms with van der Waals surface area (Å²) >= 11 is 0. The van der Waals surface area contributed by atoms with Gasteiger partial charge in [0, 0.05) is 44.8 Å². The molecule has 1 aromatic rings. The standard InChI is InChI=1S/C17H26N2O3/c1-21-10-5-11-22-16-8-4-6-14(12-16)17(20)19-9-3-2-7-15(19)13-18/h4,6,8,12,15H,2-3,5,7,9-11,13,18H2,1H3. The number of ether oxygens (including phenoxy) is 2. The van der Waals surface area contributed by atoms with E-state index in [1.54, 1.807) is 7.11 Å². The van der Waals surface area contributed by atoms with Gasteiger partial charge in [-0.2, -0.15) is 0 Å². The average Bonchev–Trinajstić information content (AvgIpc) is 2.58. The first-order valence-electron chi connectivity index (χ1n) is 7.99. The number of amides is 1. The molecule has 22 heavy (non-hydrogen) atoms. The van der Waals surface area contributed by atoms with Gasteiger partial charge < -0.3 is 20.1 Å². The third-order valence-electron chi connectivity index (χ3n) is 4.00. The van der Waals surface area contributed by atoms with Crippen LogP contribution < -0.4 is 10.5 Å². The highest BCUT2D eigenvalue weighted by molar-refractivity contribution is 5.94. The molecule has 5 nitrogen and oxygen atoms in total. The van der Waals surface area contributed by atoms with Crippen molar-refractivity contribution in [2.75, 3.05) is 33.4 Å². The fourth-order valence-electron chi connectivity index (χ4n) is 2.79. The highest BCUT2D eigenvalue weighted by Gasteiger charge is 2.26. The fraction of sp³-hybridized carbons (Fsp3) is 0.588. The van der Waals surface area contributed by atoms with Crippen LogP contribution in [0, 0.1) is 0 Å². The van der Waals surface area contributed by atoms with Gasteiger partial charge in [-0.1, -0.05) is 6.07 Å². The number of rotatable bonds is 7. The quantitative estimate of drug-likeness (QED) is 0.783. The molecule has 0 spiro atoms. The van der Waals surface area contributed by atoms with Gasteiger partial charge in [-0.25, -0.2) is 0 Å². The van der Waals surface area contributed by atoms with Gasteiger partial charge in [0.25, 0.3) is 5.91 Å². The molecule has 1 fully saturated rings. The lowest BCUT2D eigenvalue weighted by molar-refractivity contribution is 0.0623. The lowest BCUT2D eigenvalue weighted by Crippen LogP contribution is -2.47. The van der Waals surface area contributed by atoms with Crippen molar-refractivity contribution in [3.05, 3.63) is 29.8 Å². The van der Waals surface area contributed by atoms with Gasteiger partial charge in [0.2, 0.25) is 0 Å². The number of carbonyl (C=O) groups excluding carboxylic acids is 1. The summed E-state index contributed by atoms with van der Waals surface area (Å²) in [5.74, 6) is 0.778. The Balaban J connectivity index is 1.99. The van der Waals surface area contributed by atoms with Crippen LogP contribution in [-0.2, 0) is 4.74 Å². The number of methoxy groups -OCH3 is 1. The summed E-state index contributed by atoms with van der Waals surface area (Å²) in [4.78, 5) is 14.6. The second-order valence-electron chi connectivity index (χ2n) is 5.61. The fourth-order valence-corrected chi connectivity index (χ4v) is 2.79. The summed E-state index contributed by atoms with van der Waals surface area (Å²) in [6, 6.07) is 7.55. The minimum atomic E-state index is 0.0532. The van der Waals surface area contributed by atoms with Crippen LogP contribution in [0.5, 0.6) is 5.75 Å². The normalized spacial score (nSPS) is 18.3. The predicted octanol–water partition coefficient (Wildman–Crippen LogP) is 2.06. The van der Waals surface area contributed by atoms with Crippen LogP contribution in [0.2, 0.25) is 0 Å². The third kappa shape index (κ3) is 4.45. The van der Waals surface area contributed by atoms with Crippen molar-refractivity contribution in [1.82, 2.24) is 4.90 Å². The molecule has 2 N–H and O–H groups in total. The van der Waals surface area contributed by atoms with E-state index in [-0.39, 0.29) is 11.9 Å². The summed E-state index contributed by atoms with van der Waals surface area (Å²) in [5.41, 5.74) is 6.47. The zero-order chi connectivity index (χ0) is 15.8. The molecule has 1 heterocycles. The number of nitrogens with two attached hydrogens (primary N) is 1. The number of nitrogens with zero attached hydrogens (tertiary/aromatic N) is 1. The second-order valence-corrected chi connectivity index (χ2v) is 5.61. The van der Waals surface area contributed by atoms with E-state index < -0.39 is 0 Å². The number of hydrogen-bond donors (Lipinski definition) is 1. The maximum atomic E-state index is 12.7. The van der Waals surface area contributed by atoms with Crippen molar-refractivity contribution < 1.29 is 14.3 Å². The molecule has 0 bridgehead atoms. The van der Waals surface area contributed by atoms with Crippen LogP contribution >= 0.6 is 0 Å². The van der Waals surface area contributed by atoms with E-state index in [1.165, 1.54) is 0 Å². The smallest absolute Gasteiger partial charge is 0.254 e. The topological polar surface area (TPSA) is 64.8 Å². The number of benzene rings is 1. The van der Waals surface area contributed by atoms with Crippen LogP contribution in [0.25, 0.3) is 0 Å². The van der Waals surface area contributed by atoms with E-state index in [4.69, 9.17) is 15.2 Å². The van der Waals surface area contributed by atoms with Crippen molar-refractivity contribution in [2.45, 2.75) is 31.7 Å². The Hall–Kier alpha value is -1.59. The molecule has 1 aromatic carbocycles. The Morgan fingerprint density at radius 1 is 1.36 bits per heavy atom. The molecule has 1 aliphatic heterocycles. The van der Waals surface area contributed by atoms with E-state index in [9.17, 15) is 4.79 Å². The number of hydrogen-bond acceptors (Lipinski definition) is 4. The lowest BCUT2D eigenvalue weighted by Gasteiger charge is -2.35. The summed E-state index contributed by atoms with van der Waals surface area (Å²) < 4.78 is 10.7. The molecule has 0 saturated carbocycles. The van der Waals surface area contributed by atoms with Crippen molar-refractivity contribution in [3.8, 4) is 5.75 Å². The van der Waals surface area contributed by atoms with Crippen LogP contribution in [0.3, 0.4) is 0 Å². The molecule has 0 aromatic heterocycles. The Kier molecular flexibility index (Phi) is 6.68. The highest BCUT2D eigenvalue weighted by atomic mass is 16.5. The molecule has 5 heteroatoms. The third-order valence-corrected chi connectivity index (χ3v) is 4.00. The lowest BCUT2D eigenvalue weighted by atomic mass is 10.0. The molecule has 1 atom stereocenters. The molecular formula is C17H26N2O3. The van der Waals surface area contributed by atoms with Gasteiger partial charge >= 0.3 is 0 Å². The Labute approximate surface area is 132 Å². The van der Waals surface area contributed by atoms with E-state index in [0.29, 0.717) is 25.3 Å². The van der Waals surface area contributed by atoms with Crippen LogP contribution in [-0.4, -0.2) is 50.3 Å². The molecular weight excluding hydrogens is 280 g/mol. The van der Waals surface area contributed by atoms with Crippen LogP contribution in [0.15, 0.2) is 24.3 Å². The molecule has 1 saturated heterocycles. The van der Waals surface area contributed by atoms with Gasteiger partial charge in [-0.05, 0) is 37.5 Å². The van der Waals surface area contributed by atoms with Crippen LogP contribution in [0.1, 0.15) is 36.0 Å². The monoisotopic (exact) mass is 306 g/mol. The molecule has 1 aliphatic rings. The van der Waals surface area contributed by atoms with Gasteiger partial charge in [0.05, 0.1) is 6.61 Å².